The first kappa shape index (κ1) is 13.0. The van der Waals surface area contributed by atoms with Crippen LogP contribution < -0.4 is 0 Å². The number of amides is 3. The standard InChI is InChI=1S/C10H13BrN4O3/c1-5(16)4-15-6-7(12-9(15)11)13(2)10(18)14(3)8(6)17/h6-7H,4H2,1-3H3/t6-,7-/m0/s1. The van der Waals surface area contributed by atoms with Crippen molar-refractivity contribution in [3.05, 3.63) is 0 Å². The fourth-order valence-electron chi connectivity index (χ4n) is 2.13. The van der Waals surface area contributed by atoms with E-state index in [9.17, 15) is 14.4 Å². The minimum absolute atomic E-state index is 0.0715. The SMILES string of the molecule is CC(=O)CN1C(Br)=N[C@@H]2[C@H]1C(=O)N(C)C(=O)N2C. The second-order valence-electron chi connectivity index (χ2n) is 4.38. The molecule has 8 heteroatoms. The lowest BCUT2D eigenvalue weighted by Gasteiger charge is -2.39. The molecule has 98 valence electrons. The number of amidine groups is 1. The number of rotatable bonds is 2. The maximum Gasteiger partial charge on any atom is 0.328 e. The lowest BCUT2D eigenvalue weighted by molar-refractivity contribution is -0.136. The van der Waals surface area contributed by atoms with Gasteiger partial charge in [-0.2, -0.15) is 0 Å². The van der Waals surface area contributed by atoms with Gasteiger partial charge in [-0.15, -0.1) is 0 Å². The Kier molecular flexibility index (Phi) is 3.14. The number of carbonyl (C=O) groups excluding carboxylic acids is 3. The van der Waals surface area contributed by atoms with Gasteiger partial charge in [0, 0.05) is 14.1 Å². The zero-order chi connectivity index (χ0) is 13.6. The molecule has 0 spiro atoms. The van der Waals surface area contributed by atoms with Crippen molar-refractivity contribution < 1.29 is 14.4 Å². The Morgan fingerprint density at radius 1 is 1.39 bits per heavy atom. The summed E-state index contributed by atoms with van der Waals surface area (Å²) in [5.74, 6) is -0.416. The number of Topliss-reactive ketones (excluding diaryl/α,β-unsaturated/α-hetero) is 1. The molecule has 0 unspecified atom stereocenters. The van der Waals surface area contributed by atoms with E-state index >= 15 is 0 Å². The molecule has 2 atom stereocenters. The number of nitrogens with zero attached hydrogens (tertiary/aromatic N) is 4. The van der Waals surface area contributed by atoms with Crippen LogP contribution in [0.25, 0.3) is 0 Å². The third-order valence-corrected chi connectivity index (χ3v) is 3.72. The Labute approximate surface area is 113 Å². The van der Waals surface area contributed by atoms with Gasteiger partial charge in [-0.25, -0.2) is 9.79 Å². The molecular weight excluding hydrogens is 304 g/mol. The lowest BCUT2D eigenvalue weighted by atomic mass is 10.1. The Bertz CT molecular complexity index is 464. The van der Waals surface area contributed by atoms with Crippen LogP contribution in [0, 0.1) is 0 Å². The van der Waals surface area contributed by atoms with E-state index < -0.39 is 18.2 Å². The molecule has 2 aliphatic heterocycles. The van der Waals surface area contributed by atoms with Crippen LogP contribution in [0.2, 0.25) is 0 Å². The molecule has 3 amide bonds. The van der Waals surface area contributed by atoms with E-state index in [1.807, 2.05) is 0 Å². The molecule has 2 aliphatic rings. The molecule has 18 heavy (non-hydrogen) atoms. The Balaban J connectivity index is 2.35. The van der Waals surface area contributed by atoms with Crippen molar-refractivity contribution in [3.8, 4) is 0 Å². The highest BCUT2D eigenvalue weighted by molar-refractivity contribution is 9.18. The smallest absolute Gasteiger partial charge is 0.328 e. The van der Waals surface area contributed by atoms with Crippen LogP contribution in [0.3, 0.4) is 0 Å². The highest BCUT2D eigenvalue weighted by Gasteiger charge is 2.50. The molecule has 0 radical (unpaired) electrons. The fraction of sp³-hybridized carbons (Fsp3) is 0.600. The minimum Gasteiger partial charge on any atom is -0.328 e. The predicted molar refractivity (Wildman–Crippen MR) is 67.3 cm³/mol. The molecule has 0 saturated carbocycles. The van der Waals surface area contributed by atoms with Crippen LogP contribution in [0.15, 0.2) is 4.99 Å². The number of imide groups is 1. The average molecular weight is 317 g/mol. The molecule has 0 N–H and O–H groups in total. The van der Waals surface area contributed by atoms with Crippen molar-refractivity contribution >= 4 is 38.4 Å². The molecule has 2 rings (SSSR count). The molecule has 0 aromatic rings. The second-order valence-corrected chi connectivity index (χ2v) is 5.09. The van der Waals surface area contributed by atoms with Crippen molar-refractivity contribution in [2.45, 2.75) is 19.1 Å². The van der Waals surface area contributed by atoms with Gasteiger partial charge in [0.2, 0.25) is 0 Å². The van der Waals surface area contributed by atoms with E-state index in [2.05, 4.69) is 20.9 Å². The van der Waals surface area contributed by atoms with Gasteiger partial charge in [0.1, 0.15) is 5.78 Å². The van der Waals surface area contributed by atoms with E-state index in [1.54, 1.807) is 11.9 Å². The van der Waals surface area contributed by atoms with Crippen LogP contribution in [0.4, 0.5) is 4.79 Å². The summed E-state index contributed by atoms with van der Waals surface area (Å²) < 4.78 is 0.427. The van der Waals surface area contributed by atoms with Crippen molar-refractivity contribution in [2.24, 2.45) is 4.99 Å². The molecule has 7 nitrogen and oxygen atoms in total. The van der Waals surface area contributed by atoms with Crippen LogP contribution in [0.5, 0.6) is 0 Å². The number of hydrogen-bond donors (Lipinski definition) is 0. The highest BCUT2D eigenvalue weighted by atomic mass is 79.9. The molecule has 0 aliphatic carbocycles. The summed E-state index contributed by atoms with van der Waals surface area (Å²) in [6, 6.07) is -1.02. The summed E-state index contributed by atoms with van der Waals surface area (Å²) in [5, 5.41) is 0. The zero-order valence-electron chi connectivity index (χ0n) is 10.3. The van der Waals surface area contributed by atoms with Crippen LogP contribution in [0.1, 0.15) is 6.92 Å². The molecule has 0 aromatic carbocycles. The lowest BCUT2D eigenvalue weighted by Crippen LogP contribution is -2.64. The van der Waals surface area contributed by atoms with Gasteiger partial charge in [-0.05, 0) is 22.9 Å². The first-order chi connectivity index (χ1) is 8.34. The minimum atomic E-state index is -0.629. The maximum atomic E-state index is 12.1. The van der Waals surface area contributed by atoms with Gasteiger partial charge < -0.3 is 9.80 Å². The first-order valence-electron chi connectivity index (χ1n) is 5.38. The zero-order valence-corrected chi connectivity index (χ0v) is 11.8. The van der Waals surface area contributed by atoms with E-state index in [-0.39, 0.29) is 18.2 Å². The normalized spacial score (nSPS) is 27.6. The number of fused-ring (bicyclic) bond motifs is 1. The number of urea groups is 1. The summed E-state index contributed by atoms with van der Waals surface area (Å²) >= 11 is 3.23. The Hall–Kier alpha value is -1.44. The van der Waals surface area contributed by atoms with E-state index in [0.29, 0.717) is 4.74 Å². The van der Waals surface area contributed by atoms with Gasteiger partial charge in [0.05, 0.1) is 6.54 Å². The number of hydrogen-bond acceptors (Lipinski definition) is 5. The molecule has 0 bridgehead atoms. The van der Waals surface area contributed by atoms with Crippen LogP contribution in [-0.4, -0.2) is 70.0 Å². The third-order valence-electron chi connectivity index (χ3n) is 3.06. The van der Waals surface area contributed by atoms with E-state index in [4.69, 9.17) is 0 Å². The molecule has 0 aromatic heterocycles. The number of halogens is 1. The molecule has 2 heterocycles. The van der Waals surface area contributed by atoms with Gasteiger partial charge >= 0.3 is 6.03 Å². The summed E-state index contributed by atoms with van der Waals surface area (Å²) in [7, 11) is 3.01. The highest BCUT2D eigenvalue weighted by Crippen LogP contribution is 2.28. The predicted octanol–water partition coefficient (Wildman–Crippen LogP) is -0.140. The van der Waals surface area contributed by atoms with Crippen molar-refractivity contribution in [2.75, 3.05) is 20.6 Å². The largest absolute Gasteiger partial charge is 0.328 e. The summed E-state index contributed by atoms with van der Waals surface area (Å²) in [6.45, 7) is 1.53. The average Bonchev–Trinajstić information content (AvgIpc) is 2.61. The van der Waals surface area contributed by atoms with Crippen LogP contribution >= 0.6 is 15.9 Å². The van der Waals surface area contributed by atoms with E-state index in [1.165, 1.54) is 18.9 Å². The van der Waals surface area contributed by atoms with Crippen LogP contribution in [-0.2, 0) is 9.59 Å². The summed E-state index contributed by atoms with van der Waals surface area (Å²) in [5.41, 5.74) is 0. The number of ketones is 1. The Morgan fingerprint density at radius 2 is 2.00 bits per heavy atom. The number of likely N-dealkylation sites (N-methyl/N-ethyl adjacent to an activating group) is 2. The van der Waals surface area contributed by atoms with Crippen molar-refractivity contribution in [1.29, 1.82) is 0 Å². The summed E-state index contributed by atoms with van der Waals surface area (Å²) in [4.78, 5) is 43.4. The van der Waals surface area contributed by atoms with Gasteiger partial charge in [0.15, 0.2) is 17.0 Å². The van der Waals surface area contributed by atoms with Gasteiger partial charge in [-0.1, -0.05) is 0 Å². The monoisotopic (exact) mass is 316 g/mol. The van der Waals surface area contributed by atoms with Gasteiger partial charge in [0.25, 0.3) is 5.91 Å². The fourth-order valence-corrected chi connectivity index (χ4v) is 2.69. The quantitative estimate of drug-likeness (QED) is 0.665. The van der Waals surface area contributed by atoms with Crippen molar-refractivity contribution in [1.82, 2.24) is 14.7 Å². The first-order valence-corrected chi connectivity index (χ1v) is 6.17. The van der Waals surface area contributed by atoms with Crippen molar-refractivity contribution in [3.63, 3.8) is 0 Å². The topological polar surface area (TPSA) is 73.3 Å². The number of carbonyl (C=O) groups is 3. The number of aliphatic imine (C=N–C) groups is 1. The van der Waals surface area contributed by atoms with E-state index in [0.717, 1.165) is 4.90 Å². The third kappa shape index (κ3) is 1.80. The summed E-state index contributed by atoms with van der Waals surface area (Å²) in [6.07, 6.45) is -0.574. The second kappa shape index (κ2) is 4.34. The van der Waals surface area contributed by atoms with Gasteiger partial charge in [-0.3, -0.25) is 14.5 Å². The molecule has 1 fully saturated rings. The molecule has 1 saturated heterocycles. The maximum absolute atomic E-state index is 12.1. The Morgan fingerprint density at radius 3 is 2.56 bits per heavy atom. The molecular formula is C10H13BrN4O3.